The molecule has 2 amide bonds. The van der Waals surface area contributed by atoms with Crippen molar-refractivity contribution in [1.82, 2.24) is 0 Å². The first kappa shape index (κ1) is 14.4. The molecule has 4 nitrogen and oxygen atoms in total. The van der Waals surface area contributed by atoms with Crippen molar-refractivity contribution in [1.29, 1.82) is 0 Å². The van der Waals surface area contributed by atoms with Gasteiger partial charge in [-0.05, 0) is 31.0 Å². The largest absolute Gasteiger partial charge is 0.326 e. The van der Waals surface area contributed by atoms with Gasteiger partial charge < -0.3 is 10.6 Å². The fourth-order valence-corrected chi connectivity index (χ4v) is 1.59. The van der Waals surface area contributed by atoms with Crippen LogP contribution in [0.15, 0.2) is 12.1 Å². The van der Waals surface area contributed by atoms with Crippen LogP contribution in [0.1, 0.15) is 18.1 Å². The number of hydrogen-bond donors (Lipinski definition) is 2. The van der Waals surface area contributed by atoms with Crippen LogP contribution in [0, 0.1) is 13.8 Å². The second kappa shape index (κ2) is 5.82. The lowest BCUT2D eigenvalue weighted by Crippen LogP contribution is -2.20. The van der Waals surface area contributed by atoms with Gasteiger partial charge in [-0.25, -0.2) is 4.39 Å². The molecule has 1 aromatic rings. The van der Waals surface area contributed by atoms with Gasteiger partial charge in [0.2, 0.25) is 5.91 Å². The number of carbonyl (C=O) groups is 2. The van der Waals surface area contributed by atoms with E-state index in [0.29, 0.717) is 16.9 Å². The van der Waals surface area contributed by atoms with Crippen molar-refractivity contribution in [3.8, 4) is 0 Å². The van der Waals surface area contributed by atoms with E-state index in [4.69, 9.17) is 11.6 Å². The quantitative estimate of drug-likeness (QED) is 0.831. The molecule has 98 valence electrons. The van der Waals surface area contributed by atoms with Crippen LogP contribution < -0.4 is 10.6 Å². The molecule has 1 unspecified atom stereocenters. The fraction of sp³-hybridized carbons (Fsp3) is 0.333. The van der Waals surface area contributed by atoms with Crippen LogP contribution in [0.2, 0.25) is 0 Å². The van der Waals surface area contributed by atoms with Gasteiger partial charge in [-0.3, -0.25) is 9.59 Å². The number of amides is 2. The summed E-state index contributed by atoms with van der Waals surface area (Å²) >= 11 is 5.04. The molecule has 2 N–H and O–H groups in total. The van der Waals surface area contributed by atoms with Gasteiger partial charge in [0.1, 0.15) is 0 Å². The molecule has 1 atom stereocenters. The van der Waals surface area contributed by atoms with Gasteiger partial charge in [0.05, 0.1) is 0 Å². The molecule has 0 bridgehead atoms. The van der Waals surface area contributed by atoms with Gasteiger partial charge in [-0.1, -0.05) is 17.7 Å². The first-order valence-corrected chi connectivity index (χ1v) is 5.73. The Kier molecular flexibility index (Phi) is 4.67. The number of halogens is 2. The number of nitrogens with one attached hydrogen (secondary N) is 2. The Morgan fingerprint density at radius 2 is 1.89 bits per heavy atom. The predicted molar refractivity (Wildman–Crippen MR) is 69.6 cm³/mol. The highest BCUT2D eigenvalue weighted by atomic mass is 35.5. The number of benzene rings is 1. The maximum atomic E-state index is 12.6. The Balaban J connectivity index is 3.08. The number of rotatable bonds is 3. The van der Waals surface area contributed by atoms with Crippen LogP contribution in [0.5, 0.6) is 0 Å². The third-order valence-corrected chi connectivity index (χ3v) is 2.63. The summed E-state index contributed by atoms with van der Waals surface area (Å²) < 4.78 is 12.6. The van der Waals surface area contributed by atoms with Gasteiger partial charge in [-0.2, -0.15) is 0 Å². The number of hydrogen-bond acceptors (Lipinski definition) is 2. The van der Waals surface area contributed by atoms with Gasteiger partial charge in [0.15, 0.2) is 0 Å². The van der Waals surface area contributed by atoms with E-state index in [0.717, 1.165) is 5.56 Å². The average Bonchev–Trinajstić information content (AvgIpc) is 2.27. The summed E-state index contributed by atoms with van der Waals surface area (Å²) in [6.07, 6.45) is 0. The molecule has 0 aromatic heterocycles. The van der Waals surface area contributed by atoms with E-state index < -0.39 is 11.5 Å². The van der Waals surface area contributed by atoms with Crippen molar-refractivity contribution in [3.63, 3.8) is 0 Å². The smallest absolute Gasteiger partial charge is 0.274 e. The molecule has 0 aliphatic rings. The Morgan fingerprint density at radius 3 is 2.39 bits per heavy atom. The van der Waals surface area contributed by atoms with Crippen LogP contribution >= 0.6 is 11.6 Å². The summed E-state index contributed by atoms with van der Waals surface area (Å²) in [7, 11) is 0. The first-order valence-electron chi connectivity index (χ1n) is 5.29. The number of carbonyl (C=O) groups excluding carboxylic acids is 2. The number of alkyl halides is 2. The van der Waals surface area contributed by atoms with Gasteiger partial charge in [0, 0.05) is 18.3 Å². The van der Waals surface area contributed by atoms with Crippen molar-refractivity contribution in [2.24, 2.45) is 0 Å². The molecule has 0 saturated heterocycles. The lowest BCUT2D eigenvalue weighted by Gasteiger charge is -2.15. The van der Waals surface area contributed by atoms with Crippen LogP contribution in [0.4, 0.5) is 15.8 Å². The molecular formula is C12H14ClFN2O2. The molecule has 1 rings (SSSR count). The van der Waals surface area contributed by atoms with E-state index in [1.165, 1.54) is 6.92 Å². The molecule has 1 aromatic carbocycles. The monoisotopic (exact) mass is 272 g/mol. The molecule has 0 aliphatic carbocycles. The molecule has 0 saturated carbocycles. The lowest BCUT2D eigenvalue weighted by atomic mass is 10.1. The first-order chi connectivity index (χ1) is 8.32. The van der Waals surface area contributed by atoms with E-state index in [1.54, 1.807) is 19.1 Å². The highest BCUT2D eigenvalue weighted by molar-refractivity contribution is 6.31. The Labute approximate surface area is 110 Å². The summed E-state index contributed by atoms with van der Waals surface area (Å²) in [6.45, 7) is 4.93. The molecule has 18 heavy (non-hydrogen) atoms. The molecule has 0 radical (unpaired) electrons. The fourth-order valence-electron chi connectivity index (χ4n) is 1.54. The van der Waals surface area contributed by atoms with Crippen molar-refractivity contribution in [2.45, 2.75) is 26.4 Å². The van der Waals surface area contributed by atoms with Gasteiger partial charge in [-0.15, -0.1) is 0 Å². The van der Waals surface area contributed by atoms with Crippen LogP contribution in [0.3, 0.4) is 0 Å². The number of anilines is 2. The topological polar surface area (TPSA) is 58.2 Å². The van der Waals surface area contributed by atoms with E-state index in [9.17, 15) is 14.0 Å². The van der Waals surface area contributed by atoms with E-state index in [2.05, 4.69) is 10.6 Å². The van der Waals surface area contributed by atoms with E-state index in [1.807, 2.05) is 6.92 Å². The standard InChI is InChI=1S/C12H14ClFN2O2/c1-6-4-5-9(16-12(18)11(13)14)7(2)10(6)15-8(3)17/h4-5,11H,1-3H3,(H,15,17)(H,16,18). The zero-order valence-electron chi connectivity index (χ0n) is 10.3. The second-order valence-corrected chi connectivity index (χ2v) is 4.28. The Morgan fingerprint density at radius 1 is 1.28 bits per heavy atom. The lowest BCUT2D eigenvalue weighted by molar-refractivity contribution is -0.118. The van der Waals surface area contributed by atoms with Gasteiger partial charge >= 0.3 is 0 Å². The minimum absolute atomic E-state index is 0.217. The summed E-state index contributed by atoms with van der Waals surface area (Å²) in [4.78, 5) is 22.3. The third kappa shape index (κ3) is 3.43. The predicted octanol–water partition coefficient (Wildman–Crippen LogP) is 2.73. The minimum Gasteiger partial charge on any atom is -0.326 e. The van der Waals surface area contributed by atoms with Crippen LogP contribution in [-0.4, -0.2) is 17.4 Å². The Bertz CT molecular complexity index is 489. The van der Waals surface area contributed by atoms with Crippen molar-refractivity contribution >= 4 is 34.8 Å². The zero-order chi connectivity index (χ0) is 13.9. The Hall–Kier alpha value is -1.62. The van der Waals surface area contributed by atoms with E-state index >= 15 is 0 Å². The molecular weight excluding hydrogens is 259 g/mol. The molecule has 0 fully saturated rings. The van der Waals surface area contributed by atoms with Crippen LogP contribution in [0.25, 0.3) is 0 Å². The molecule has 0 aliphatic heterocycles. The van der Waals surface area contributed by atoms with Crippen molar-refractivity contribution in [3.05, 3.63) is 23.3 Å². The van der Waals surface area contributed by atoms with E-state index in [-0.39, 0.29) is 5.91 Å². The molecule has 6 heteroatoms. The zero-order valence-corrected chi connectivity index (χ0v) is 11.1. The average molecular weight is 273 g/mol. The highest BCUT2D eigenvalue weighted by Gasteiger charge is 2.16. The normalized spacial score (nSPS) is 11.8. The SMILES string of the molecule is CC(=O)Nc1c(C)ccc(NC(=O)C(F)Cl)c1C. The summed E-state index contributed by atoms with van der Waals surface area (Å²) in [5.41, 5.74) is 0.414. The molecule has 0 heterocycles. The second-order valence-electron chi connectivity index (χ2n) is 3.90. The summed E-state index contributed by atoms with van der Waals surface area (Å²) in [5.74, 6) is -1.15. The van der Waals surface area contributed by atoms with Gasteiger partial charge in [0.25, 0.3) is 11.5 Å². The maximum Gasteiger partial charge on any atom is 0.274 e. The minimum atomic E-state index is -2.10. The van der Waals surface area contributed by atoms with Crippen molar-refractivity contribution < 1.29 is 14.0 Å². The summed E-state index contributed by atoms with van der Waals surface area (Å²) in [5, 5.41) is 5.02. The van der Waals surface area contributed by atoms with Crippen molar-refractivity contribution in [2.75, 3.05) is 10.6 Å². The third-order valence-electron chi connectivity index (χ3n) is 2.43. The van der Waals surface area contributed by atoms with Crippen LogP contribution in [-0.2, 0) is 9.59 Å². The number of aryl methyl sites for hydroxylation is 1. The highest BCUT2D eigenvalue weighted by Crippen LogP contribution is 2.27. The maximum absolute atomic E-state index is 12.6. The summed E-state index contributed by atoms with van der Waals surface area (Å²) in [6, 6.07) is 3.35. The molecule has 0 spiro atoms.